The van der Waals surface area contributed by atoms with Crippen LogP contribution in [0.15, 0.2) is 47.4 Å². The normalized spacial score (nSPS) is 17.3. The lowest BCUT2D eigenvalue weighted by atomic mass is 10.0. The highest BCUT2D eigenvalue weighted by atomic mass is 32.2. The highest BCUT2D eigenvalue weighted by Crippen LogP contribution is 2.39. The minimum Gasteiger partial charge on any atom is -0.497 e. The van der Waals surface area contributed by atoms with Crippen LogP contribution >= 0.6 is 0 Å². The zero-order valence-corrected chi connectivity index (χ0v) is 14.3. The lowest BCUT2D eigenvalue weighted by Crippen LogP contribution is -2.36. The fourth-order valence-corrected chi connectivity index (χ4v) is 4.30. The van der Waals surface area contributed by atoms with E-state index in [1.54, 1.807) is 30.3 Å². The molecule has 0 bridgehead atoms. The summed E-state index contributed by atoms with van der Waals surface area (Å²) in [5.74, 6) is 1.17. The third-order valence-electron chi connectivity index (χ3n) is 4.12. The van der Waals surface area contributed by atoms with Crippen molar-refractivity contribution in [3.05, 3.63) is 48.0 Å². The van der Waals surface area contributed by atoms with E-state index in [0.717, 1.165) is 0 Å². The van der Waals surface area contributed by atoms with Crippen LogP contribution in [0.1, 0.15) is 18.1 Å². The molecule has 24 heavy (non-hydrogen) atoms. The van der Waals surface area contributed by atoms with Gasteiger partial charge in [0.05, 0.1) is 30.9 Å². The van der Waals surface area contributed by atoms with Gasteiger partial charge in [-0.2, -0.15) is 0 Å². The van der Waals surface area contributed by atoms with E-state index >= 15 is 0 Å². The maximum atomic E-state index is 13.0. The van der Waals surface area contributed by atoms with Gasteiger partial charge in [-0.15, -0.1) is 0 Å². The van der Waals surface area contributed by atoms with Crippen LogP contribution in [0, 0.1) is 0 Å². The molecule has 2 aromatic carbocycles. The summed E-state index contributed by atoms with van der Waals surface area (Å²) in [5, 5.41) is 10.2. The van der Waals surface area contributed by atoms with Crippen LogP contribution in [0.25, 0.3) is 0 Å². The van der Waals surface area contributed by atoms with Gasteiger partial charge in [-0.1, -0.05) is 0 Å². The maximum Gasteiger partial charge on any atom is 0.264 e. The summed E-state index contributed by atoms with van der Waals surface area (Å²) in [5.41, 5.74) is 1.03. The molecule has 1 aliphatic heterocycles. The van der Waals surface area contributed by atoms with Gasteiger partial charge in [-0.05, 0) is 48.9 Å². The molecule has 0 amide bonds. The third-order valence-corrected chi connectivity index (χ3v) is 5.94. The Hall–Kier alpha value is -2.25. The molecule has 0 saturated carbocycles. The predicted octanol–water partition coefficient (Wildman–Crippen LogP) is 2.34. The Kier molecular flexibility index (Phi) is 4.38. The van der Waals surface area contributed by atoms with Crippen molar-refractivity contribution < 1.29 is 23.0 Å². The van der Waals surface area contributed by atoms with Crippen molar-refractivity contribution in [2.24, 2.45) is 0 Å². The van der Waals surface area contributed by atoms with E-state index in [1.165, 1.54) is 30.7 Å². The van der Waals surface area contributed by atoms with Gasteiger partial charge in [0.15, 0.2) is 0 Å². The molecular formula is C17H19NO5S. The summed E-state index contributed by atoms with van der Waals surface area (Å²) >= 11 is 0. The Balaban J connectivity index is 2.04. The molecule has 3 rings (SSSR count). The quantitative estimate of drug-likeness (QED) is 0.917. The van der Waals surface area contributed by atoms with Crippen molar-refractivity contribution >= 4 is 15.7 Å². The summed E-state index contributed by atoms with van der Waals surface area (Å²) < 4.78 is 37.5. The van der Waals surface area contributed by atoms with Crippen LogP contribution in [0.5, 0.6) is 11.5 Å². The predicted molar refractivity (Wildman–Crippen MR) is 90.1 cm³/mol. The second-order valence-electron chi connectivity index (χ2n) is 5.48. The fraction of sp³-hybridized carbons (Fsp3) is 0.294. The number of methoxy groups -OCH3 is 2. The van der Waals surface area contributed by atoms with Crippen LogP contribution in [-0.2, 0) is 10.0 Å². The molecule has 0 aromatic heterocycles. The first-order chi connectivity index (χ1) is 11.5. The average Bonchev–Trinajstić information content (AvgIpc) is 2.61. The smallest absolute Gasteiger partial charge is 0.264 e. The molecule has 0 spiro atoms. The first-order valence-electron chi connectivity index (χ1n) is 7.50. The van der Waals surface area contributed by atoms with Gasteiger partial charge in [0.1, 0.15) is 11.5 Å². The molecule has 0 saturated heterocycles. The second kappa shape index (κ2) is 6.33. The molecule has 6 nitrogen and oxygen atoms in total. The van der Waals surface area contributed by atoms with E-state index in [-0.39, 0.29) is 11.4 Å². The van der Waals surface area contributed by atoms with Gasteiger partial charge in [0, 0.05) is 12.1 Å². The number of benzene rings is 2. The number of nitrogens with zero attached hydrogens (tertiary/aromatic N) is 1. The van der Waals surface area contributed by atoms with Crippen molar-refractivity contribution in [2.45, 2.75) is 17.4 Å². The van der Waals surface area contributed by atoms with E-state index in [1.807, 2.05) is 0 Å². The molecule has 1 heterocycles. The number of ether oxygens (including phenoxy) is 2. The number of anilines is 1. The maximum absolute atomic E-state index is 13.0. The van der Waals surface area contributed by atoms with Crippen molar-refractivity contribution in [3.63, 3.8) is 0 Å². The lowest BCUT2D eigenvalue weighted by molar-refractivity contribution is 0.166. The van der Waals surface area contributed by atoms with E-state index in [9.17, 15) is 13.5 Å². The highest BCUT2D eigenvalue weighted by molar-refractivity contribution is 7.92. The highest BCUT2D eigenvalue weighted by Gasteiger charge is 2.32. The van der Waals surface area contributed by atoms with Gasteiger partial charge < -0.3 is 14.6 Å². The molecule has 2 aromatic rings. The van der Waals surface area contributed by atoms with Gasteiger partial charge in [0.2, 0.25) is 0 Å². The van der Waals surface area contributed by atoms with Crippen LogP contribution in [0.2, 0.25) is 0 Å². The summed E-state index contributed by atoms with van der Waals surface area (Å²) in [6.07, 6.45) is -0.382. The van der Waals surface area contributed by atoms with Crippen LogP contribution in [0.3, 0.4) is 0 Å². The minimum absolute atomic E-state index is 0.182. The molecule has 1 unspecified atom stereocenters. The lowest BCUT2D eigenvalue weighted by Gasteiger charge is -2.33. The molecule has 128 valence electrons. The monoisotopic (exact) mass is 349 g/mol. The number of hydrogen-bond acceptors (Lipinski definition) is 5. The zero-order valence-electron chi connectivity index (χ0n) is 13.5. The fourth-order valence-electron chi connectivity index (χ4n) is 2.79. The number of aliphatic hydroxyl groups is 1. The van der Waals surface area contributed by atoms with E-state index in [0.29, 0.717) is 29.2 Å². The summed E-state index contributed by atoms with van der Waals surface area (Å²) in [4.78, 5) is 0.182. The third kappa shape index (κ3) is 2.81. The van der Waals surface area contributed by atoms with Crippen LogP contribution < -0.4 is 13.8 Å². The molecule has 7 heteroatoms. The van der Waals surface area contributed by atoms with Gasteiger partial charge >= 0.3 is 0 Å². The van der Waals surface area contributed by atoms with Crippen molar-refractivity contribution in [2.75, 3.05) is 25.1 Å². The first-order valence-corrected chi connectivity index (χ1v) is 8.94. The molecule has 0 aliphatic carbocycles. The Bertz CT molecular complexity index is 833. The second-order valence-corrected chi connectivity index (χ2v) is 7.34. The van der Waals surface area contributed by atoms with Crippen LogP contribution in [-0.4, -0.2) is 34.3 Å². The molecule has 0 radical (unpaired) electrons. The van der Waals surface area contributed by atoms with E-state index < -0.39 is 16.1 Å². The first kappa shape index (κ1) is 16.6. The molecule has 0 fully saturated rings. The standard InChI is InChI=1S/C17H19NO5S/c1-22-12-3-6-14(7-4-12)24(20,21)18-10-9-17(19)15-11-13(23-2)5-8-16(15)18/h3-8,11,17,19H,9-10H2,1-2H3. The Morgan fingerprint density at radius 1 is 1.04 bits per heavy atom. The number of fused-ring (bicyclic) bond motifs is 1. The Morgan fingerprint density at radius 3 is 2.29 bits per heavy atom. The zero-order chi connectivity index (χ0) is 17.3. The van der Waals surface area contributed by atoms with Gasteiger partial charge in [-0.3, -0.25) is 4.31 Å². The van der Waals surface area contributed by atoms with E-state index in [2.05, 4.69) is 0 Å². The number of sulfonamides is 1. The number of hydrogen-bond donors (Lipinski definition) is 1. The SMILES string of the molecule is COc1ccc(S(=O)(=O)N2CCC(O)c3cc(OC)ccc32)cc1. The average molecular weight is 349 g/mol. The minimum atomic E-state index is -3.72. The molecule has 1 N–H and O–H groups in total. The largest absolute Gasteiger partial charge is 0.497 e. The summed E-state index contributed by atoms with van der Waals surface area (Å²) in [6.45, 7) is 0.217. The van der Waals surface area contributed by atoms with Gasteiger partial charge in [0.25, 0.3) is 10.0 Å². The number of aliphatic hydroxyl groups excluding tert-OH is 1. The molecule has 1 atom stereocenters. The van der Waals surface area contributed by atoms with E-state index in [4.69, 9.17) is 9.47 Å². The van der Waals surface area contributed by atoms with Crippen molar-refractivity contribution in [3.8, 4) is 11.5 Å². The number of rotatable bonds is 4. The Morgan fingerprint density at radius 2 is 1.67 bits per heavy atom. The van der Waals surface area contributed by atoms with Gasteiger partial charge in [-0.25, -0.2) is 8.42 Å². The summed E-state index contributed by atoms with van der Waals surface area (Å²) in [7, 11) is -0.660. The summed E-state index contributed by atoms with van der Waals surface area (Å²) in [6, 6.07) is 11.3. The van der Waals surface area contributed by atoms with Crippen molar-refractivity contribution in [1.82, 2.24) is 0 Å². The molecule has 1 aliphatic rings. The van der Waals surface area contributed by atoms with Crippen molar-refractivity contribution in [1.29, 1.82) is 0 Å². The molecular weight excluding hydrogens is 330 g/mol. The van der Waals surface area contributed by atoms with Crippen LogP contribution in [0.4, 0.5) is 5.69 Å². The topological polar surface area (TPSA) is 76.1 Å². The Labute approximate surface area is 141 Å².